The monoisotopic (exact) mass is 533 g/mol. The van der Waals surface area contributed by atoms with Gasteiger partial charge in [0.2, 0.25) is 5.91 Å². The molecule has 0 spiro atoms. The molecule has 0 aliphatic carbocycles. The normalized spacial score (nSPS) is 21.2. The average molecular weight is 534 g/mol. The van der Waals surface area contributed by atoms with Crippen molar-refractivity contribution < 1.29 is 14.3 Å². The van der Waals surface area contributed by atoms with Gasteiger partial charge in [-0.15, -0.1) is 0 Å². The first kappa shape index (κ1) is 23.9. The van der Waals surface area contributed by atoms with Gasteiger partial charge in [0.05, 0.1) is 12.8 Å². The summed E-state index contributed by atoms with van der Waals surface area (Å²) in [5.41, 5.74) is 3.21. The Morgan fingerprint density at radius 1 is 1.05 bits per heavy atom. The van der Waals surface area contributed by atoms with Crippen molar-refractivity contribution in [2.45, 2.75) is 24.9 Å². The zero-order chi connectivity index (χ0) is 25.9. The van der Waals surface area contributed by atoms with Crippen molar-refractivity contribution in [3.8, 4) is 5.75 Å². The molecule has 37 heavy (non-hydrogen) atoms. The number of aromatic nitrogens is 1. The van der Waals surface area contributed by atoms with Crippen LogP contribution in [0.1, 0.15) is 35.2 Å². The third-order valence-corrected chi connectivity index (χ3v) is 8.29. The molecule has 1 fully saturated rings. The molecule has 1 saturated heterocycles. The highest BCUT2D eigenvalue weighted by Crippen LogP contribution is 2.49. The van der Waals surface area contributed by atoms with Crippen LogP contribution in [-0.4, -0.2) is 46.8 Å². The minimum Gasteiger partial charge on any atom is -0.496 e. The van der Waals surface area contributed by atoms with Gasteiger partial charge in [-0.2, -0.15) is 0 Å². The zero-order valence-corrected chi connectivity index (χ0v) is 21.9. The molecule has 8 heteroatoms. The smallest absolute Gasteiger partial charge is 0.255 e. The number of nitrogens with zero attached hydrogens (tertiary/aromatic N) is 2. The van der Waals surface area contributed by atoms with Crippen molar-refractivity contribution in [3.05, 3.63) is 99.2 Å². The van der Waals surface area contributed by atoms with E-state index in [4.69, 9.17) is 27.9 Å². The summed E-state index contributed by atoms with van der Waals surface area (Å²) in [6.07, 6.45) is 0. The first-order valence-electron chi connectivity index (χ1n) is 12.1. The van der Waals surface area contributed by atoms with Gasteiger partial charge in [-0.05, 0) is 42.3 Å². The minimum absolute atomic E-state index is 0.0262. The maximum Gasteiger partial charge on any atom is 0.255 e. The van der Waals surface area contributed by atoms with Crippen LogP contribution >= 0.6 is 23.2 Å². The number of carbonyl (C=O) groups excluding carboxylic acids is 2. The molecule has 6 rings (SSSR count). The maximum atomic E-state index is 14.2. The summed E-state index contributed by atoms with van der Waals surface area (Å²) < 4.78 is 5.70. The van der Waals surface area contributed by atoms with Crippen molar-refractivity contribution in [3.63, 3.8) is 0 Å². The van der Waals surface area contributed by atoms with E-state index in [1.807, 2.05) is 49.4 Å². The van der Waals surface area contributed by atoms with Crippen LogP contribution in [0.25, 0.3) is 10.9 Å². The molecule has 3 heterocycles. The van der Waals surface area contributed by atoms with Crippen LogP contribution in [0.5, 0.6) is 5.75 Å². The summed E-state index contributed by atoms with van der Waals surface area (Å²) >= 11 is 12.5. The number of H-pyrrole nitrogens is 1. The summed E-state index contributed by atoms with van der Waals surface area (Å²) in [7, 11) is 1.65. The van der Waals surface area contributed by atoms with Crippen LogP contribution in [0.3, 0.4) is 0 Å². The SMILES string of the molecule is COc1ccccc1C1CN2C(=O)CN(Cc3ccc(Cl)cc3Cl)C(=O)[C@]2(C)c2[nH]c3ccccc3c21. The number of aromatic amines is 1. The lowest BCUT2D eigenvalue weighted by Crippen LogP contribution is -2.67. The standard InChI is InChI=1S/C29H25Cl2N3O3/c1-29-27-26(20-8-3-5-9-23(20)32-27)21(19-7-4-6-10-24(19)37-2)15-34(29)25(35)16-33(28(29)36)14-17-11-12-18(30)13-22(17)31/h3-13,21,32H,14-16H2,1-2H3/t21?,29-/m0/s1. The Hall–Kier alpha value is -3.48. The number of hydrogen-bond acceptors (Lipinski definition) is 3. The van der Waals surface area contributed by atoms with E-state index in [0.29, 0.717) is 16.6 Å². The molecule has 3 aromatic carbocycles. The Bertz CT molecular complexity index is 1570. The van der Waals surface area contributed by atoms with E-state index in [1.165, 1.54) is 0 Å². The van der Waals surface area contributed by atoms with Gasteiger partial charge in [0.1, 0.15) is 12.3 Å². The number of piperazine rings is 1. The lowest BCUT2D eigenvalue weighted by molar-refractivity contribution is -0.166. The second-order valence-corrected chi connectivity index (χ2v) is 10.6. The Kier molecular flexibility index (Phi) is 5.70. The quantitative estimate of drug-likeness (QED) is 0.365. The van der Waals surface area contributed by atoms with E-state index >= 15 is 0 Å². The number of halogens is 2. The lowest BCUT2D eigenvalue weighted by atomic mass is 9.76. The summed E-state index contributed by atoms with van der Waals surface area (Å²) in [4.78, 5) is 34.8. The second kappa shape index (κ2) is 8.82. The van der Waals surface area contributed by atoms with Crippen LogP contribution in [0.15, 0.2) is 66.7 Å². The van der Waals surface area contributed by atoms with Crippen LogP contribution in [0.2, 0.25) is 10.0 Å². The molecule has 2 amide bonds. The molecule has 2 aliphatic heterocycles. The maximum absolute atomic E-state index is 14.2. The van der Waals surface area contributed by atoms with E-state index in [-0.39, 0.29) is 30.8 Å². The summed E-state index contributed by atoms with van der Waals surface area (Å²) in [5.74, 6) is 0.326. The lowest BCUT2D eigenvalue weighted by Gasteiger charge is -2.51. The van der Waals surface area contributed by atoms with Crippen LogP contribution in [0.4, 0.5) is 0 Å². The number of amides is 2. The first-order valence-corrected chi connectivity index (χ1v) is 12.9. The fraction of sp³-hybridized carbons (Fsp3) is 0.241. The van der Waals surface area contributed by atoms with E-state index in [0.717, 1.165) is 39.0 Å². The predicted octanol–water partition coefficient (Wildman–Crippen LogP) is 5.72. The number of nitrogens with one attached hydrogen (secondary N) is 1. The third kappa shape index (κ3) is 3.62. The number of rotatable bonds is 4. The fourth-order valence-electron chi connectivity index (χ4n) is 5.89. The summed E-state index contributed by atoms with van der Waals surface area (Å²) in [6, 6.07) is 21.1. The predicted molar refractivity (Wildman–Crippen MR) is 144 cm³/mol. The summed E-state index contributed by atoms with van der Waals surface area (Å²) in [6.45, 7) is 2.40. The number of carbonyl (C=O) groups is 2. The molecule has 4 aromatic rings. The van der Waals surface area contributed by atoms with E-state index in [1.54, 1.807) is 35.1 Å². The van der Waals surface area contributed by atoms with Crippen LogP contribution in [-0.2, 0) is 21.7 Å². The van der Waals surface area contributed by atoms with Gasteiger partial charge in [-0.1, -0.05) is 65.7 Å². The van der Waals surface area contributed by atoms with E-state index in [9.17, 15) is 9.59 Å². The van der Waals surface area contributed by atoms with Gasteiger partial charge in [0.25, 0.3) is 5.91 Å². The van der Waals surface area contributed by atoms with Gasteiger partial charge in [0.15, 0.2) is 5.54 Å². The minimum atomic E-state index is -1.19. The van der Waals surface area contributed by atoms with Gasteiger partial charge in [-0.3, -0.25) is 9.59 Å². The Morgan fingerprint density at radius 2 is 1.81 bits per heavy atom. The van der Waals surface area contributed by atoms with E-state index in [2.05, 4.69) is 11.1 Å². The molecule has 2 atom stereocenters. The summed E-state index contributed by atoms with van der Waals surface area (Å²) in [5, 5.41) is 2.02. The van der Waals surface area contributed by atoms with E-state index < -0.39 is 5.54 Å². The number of para-hydroxylation sites is 2. The molecule has 0 radical (unpaired) electrons. The highest BCUT2D eigenvalue weighted by molar-refractivity contribution is 6.35. The number of hydrogen-bond donors (Lipinski definition) is 1. The topological polar surface area (TPSA) is 65.6 Å². The van der Waals surface area contributed by atoms with Crippen LogP contribution < -0.4 is 4.74 Å². The number of methoxy groups -OCH3 is 1. The van der Waals surface area contributed by atoms with Crippen molar-refractivity contribution >= 4 is 45.9 Å². The molecule has 1 unspecified atom stereocenters. The molecule has 188 valence electrons. The van der Waals surface area contributed by atoms with Crippen molar-refractivity contribution in [2.24, 2.45) is 0 Å². The number of benzene rings is 3. The second-order valence-electron chi connectivity index (χ2n) is 9.73. The fourth-order valence-corrected chi connectivity index (χ4v) is 6.36. The number of ether oxygens (including phenoxy) is 1. The van der Waals surface area contributed by atoms with Crippen LogP contribution in [0, 0.1) is 0 Å². The third-order valence-electron chi connectivity index (χ3n) is 7.71. The Balaban J connectivity index is 1.51. The molecule has 6 nitrogen and oxygen atoms in total. The molecule has 0 saturated carbocycles. The molecule has 1 N–H and O–H groups in total. The Labute approximate surface area is 224 Å². The van der Waals surface area contributed by atoms with Crippen molar-refractivity contribution in [1.29, 1.82) is 0 Å². The Morgan fingerprint density at radius 3 is 2.59 bits per heavy atom. The largest absolute Gasteiger partial charge is 0.496 e. The highest BCUT2D eigenvalue weighted by Gasteiger charge is 2.56. The highest BCUT2D eigenvalue weighted by atomic mass is 35.5. The zero-order valence-electron chi connectivity index (χ0n) is 20.4. The van der Waals surface area contributed by atoms with Gasteiger partial charge in [-0.25, -0.2) is 0 Å². The molecule has 2 aliphatic rings. The van der Waals surface area contributed by atoms with Gasteiger partial charge in [0, 0.05) is 45.5 Å². The average Bonchev–Trinajstić information content (AvgIpc) is 3.29. The van der Waals surface area contributed by atoms with Crippen molar-refractivity contribution in [1.82, 2.24) is 14.8 Å². The molecular weight excluding hydrogens is 509 g/mol. The molecule has 1 aromatic heterocycles. The number of fused-ring (bicyclic) bond motifs is 5. The van der Waals surface area contributed by atoms with Gasteiger partial charge < -0.3 is 19.5 Å². The first-order chi connectivity index (χ1) is 17.8. The van der Waals surface area contributed by atoms with Crippen molar-refractivity contribution in [2.75, 3.05) is 20.2 Å². The molecule has 0 bridgehead atoms. The molecular formula is C29H25Cl2N3O3. The van der Waals surface area contributed by atoms with Gasteiger partial charge >= 0.3 is 0 Å².